The van der Waals surface area contributed by atoms with Crippen molar-refractivity contribution in [2.24, 2.45) is 0 Å². The molecule has 1 aromatic carbocycles. The van der Waals surface area contributed by atoms with Gasteiger partial charge in [0.25, 0.3) is 0 Å². The van der Waals surface area contributed by atoms with Crippen LogP contribution in [0.3, 0.4) is 0 Å². The standard InChI is InChI=1S/C7HBr3ClN/c8-4-1-5(9)7(11)3(2-12)6(4)10/h1H. The largest absolute Gasteiger partial charge is 0.192 e. The minimum Gasteiger partial charge on any atom is -0.192 e. The highest BCUT2D eigenvalue weighted by Crippen LogP contribution is 2.36. The van der Waals surface area contributed by atoms with Gasteiger partial charge in [-0.15, -0.1) is 0 Å². The highest BCUT2D eigenvalue weighted by molar-refractivity contribution is 9.13. The van der Waals surface area contributed by atoms with Gasteiger partial charge in [0, 0.05) is 8.95 Å². The van der Waals surface area contributed by atoms with Crippen LogP contribution < -0.4 is 0 Å². The molecular formula is C7HBr3ClN. The fourth-order valence-corrected chi connectivity index (χ4v) is 2.54. The van der Waals surface area contributed by atoms with Crippen LogP contribution in [0.5, 0.6) is 0 Å². The van der Waals surface area contributed by atoms with E-state index in [2.05, 4.69) is 47.8 Å². The quantitative estimate of drug-likeness (QED) is 0.614. The molecule has 0 saturated carbocycles. The van der Waals surface area contributed by atoms with Crippen molar-refractivity contribution in [3.05, 3.63) is 30.1 Å². The van der Waals surface area contributed by atoms with Gasteiger partial charge in [0.05, 0.1) is 15.1 Å². The summed E-state index contributed by atoms with van der Waals surface area (Å²) in [5.41, 5.74) is 0.429. The predicted molar refractivity (Wildman–Crippen MR) is 59.3 cm³/mol. The Morgan fingerprint density at radius 3 is 2.33 bits per heavy atom. The maximum Gasteiger partial charge on any atom is 0.102 e. The molecule has 0 bridgehead atoms. The lowest BCUT2D eigenvalue weighted by Gasteiger charge is -2.03. The zero-order valence-corrected chi connectivity index (χ0v) is 11.1. The molecule has 0 aliphatic heterocycles. The Kier molecular flexibility index (Phi) is 3.59. The Balaban J connectivity index is 3.56. The molecule has 0 aliphatic carbocycles. The molecule has 0 heterocycles. The summed E-state index contributed by atoms with van der Waals surface area (Å²) in [5.74, 6) is 0. The van der Waals surface area contributed by atoms with Crippen molar-refractivity contribution in [3.8, 4) is 6.07 Å². The zero-order valence-electron chi connectivity index (χ0n) is 5.54. The average Bonchev–Trinajstić information content (AvgIpc) is 2.02. The maximum atomic E-state index is 8.74. The smallest absolute Gasteiger partial charge is 0.102 e. The summed E-state index contributed by atoms with van der Waals surface area (Å²) in [6, 6.07) is 3.79. The second-order valence-electron chi connectivity index (χ2n) is 1.95. The first-order chi connectivity index (χ1) is 5.57. The first kappa shape index (κ1) is 10.5. The van der Waals surface area contributed by atoms with Crippen molar-refractivity contribution < 1.29 is 0 Å². The molecule has 0 N–H and O–H groups in total. The van der Waals surface area contributed by atoms with Crippen LogP contribution >= 0.6 is 59.4 Å². The number of hydrogen-bond donors (Lipinski definition) is 0. The van der Waals surface area contributed by atoms with Crippen molar-refractivity contribution in [1.29, 1.82) is 5.26 Å². The first-order valence-corrected chi connectivity index (χ1v) is 5.56. The normalized spacial score (nSPS) is 9.58. The van der Waals surface area contributed by atoms with Crippen LogP contribution in [0.25, 0.3) is 0 Å². The van der Waals surface area contributed by atoms with Gasteiger partial charge in [-0.2, -0.15) is 5.26 Å². The van der Waals surface area contributed by atoms with E-state index in [1.807, 2.05) is 6.07 Å². The fraction of sp³-hybridized carbons (Fsp3) is 0. The molecule has 0 amide bonds. The molecule has 12 heavy (non-hydrogen) atoms. The first-order valence-electron chi connectivity index (χ1n) is 2.81. The summed E-state index contributed by atoms with van der Waals surface area (Å²) in [6.07, 6.45) is 0. The number of nitriles is 1. The summed E-state index contributed by atoms with van der Waals surface area (Å²) in [7, 11) is 0. The van der Waals surface area contributed by atoms with Crippen LogP contribution in [0.4, 0.5) is 0 Å². The second kappa shape index (κ2) is 4.10. The Morgan fingerprint density at radius 1 is 1.25 bits per heavy atom. The molecule has 1 rings (SSSR count). The lowest BCUT2D eigenvalue weighted by molar-refractivity contribution is 1.43. The monoisotopic (exact) mass is 371 g/mol. The van der Waals surface area contributed by atoms with E-state index in [4.69, 9.17) is 16.9 Å². The van der Waals surface area contributed by atoms with Gasteiger partial charge in [0.2, 0.25) is 0 Å². The number of nitrogens with zero attached hydrogens (tertiary/aromatic N) is 1. The van der Waals surface area contributed by atoms with E-state index < -0.39 is 0 Å². The number of rotatable bonds is 0. The van der Waals surface area contributed by atoms with Crippen molar-refractivity contribution in [2.45, 2.75) is 0 Å². The third-order valence-corrected chi connectivity index (χ3v) is 4.45. The van der Waals surface area contributed by atoms with Crippen LogP contribution in [0.1, 0.15) is 5.56 Å². The van der Waals surface area contributed by atoms with Gasteiger partial charge in [0.1, 0.15) is 6.07 Å². The summed E-state index contributed by atoms with van der Waals surface area (Å²) in [6.45, 7) is 0. The van der Waals surface area contributed by atoms with Crippen LogP contribution in [-0.4, -0.2) is 0 Å². The van der Waals surface area contributed by atoms with E-state index in [0.717, 1.165) is 4.47 Å². The van der Waals surface area contributed by atoms with Crippen LogP contribution in [0.15, 0.2) is 19.5 Å². The van der Waals surface area contributed by atoms with Crippen LogP contribution in [-0.2, 0) is 0 Å². The van der Waals surface area contributed by atoms with Gasteiger partial charge >= 0.3 is 0 Å². The number of hydrogen-bond acceptors (Lipinski definition) is 1. The van der Waals surface area contributed by atoms with E-state index >= 15 is 0 Å². The van der Waals surface area contributed by atoms with Crippen LogP contribution in [0, 0.1) is 11.3 Å². The predicted octanol–water partition coefficient (Wildman–Crippen LogP) is 4.50. The molecule has 0 atom stereocenters. The van der Waals surface area contributed by atoms with Crippen molar-refractivity contribution in [3.63, 3.8) is 0 Å². The lowest BCUT2D eigenvalue weighted by atomic mass is 10.2. The van der Waals surface area contributed by atoms with E-state index in [1.54, 1.807) is 6.07 Å². The highest BCUT2D eigenvalue weighted by Gasteiger charge is 2.11. The molecule has 0 aromatic heterocycles. The third kappa shape index (κ3) is 1.85. The molecule has 0 saturated heterocycles. The van der Waals surface area contributed by atoms with Crippen molar-refractivity contribution in [2.75, 3.05) is 0 Å². The minimum atomic E-state index is 0.424. The maximum absolute atomic E-state index is 8.74. The van der Waals surface area contributed by atoms with Crippen molar-refractivity contribution >= 4 is 59.4 Å². The Morgan fingerprint density at radius 2 is 1.83 bits per heavy atom. The van der Waals surface area contributed by atoms with E-state index in [1.165, 1.54) is 0 Å². The Labute approximate surface area is 100 Å². The summed E-state index contributed by atoms with van der Waals surface area (Å²) in [5, 5.41) is 9.17. The molecule has 1 aromatic rings. The summed E-state index contributed by atoms with van der Waals surface area (Å²) in [4.78, 5) is 0. The molecule has 0 spiro atoms. The Bertz CT molecular complexity index is 344. The highest BCUT2D eigenvalue weighted by atomic mass is 79.9. The summed E-state index contributed by atoms with van der Waals surface area (Å²) < 4.78 is 2.18. The van der Waals surface area contributed by atoms with Gasteiger partial charge in [-0.1, -0.05) is 11.6 Å². The second-order valence-corrected chi connectivity index (χ2v) is 4.83. The molecule has 5 heteroatoms. The van der Waals surface area contributed by atoms with Gasteiger partial charge in [0.15, 0.2) is 0 Å². The zero-order chi connectivity index (χ0) is 9.30. The fourth-order valence-electron chi connectivity index (χ4n) is 0.671. The van der Waals surface area contributed by atoms with Gasteiger partial charge in [-0.05, 0) is 53.9 Å². The number of halogens is 4. The van der Waals surface area contributed by atoms with Gasteiger partial charge in [-0.3, -0.25) is 0 Å². The van der Waals surface area contributed by atoms with Gasteiger partial charge < -0.3 is 0 Å². The molecule has 62 valence electrons. The van der Waals surface area contributed by atoms with Crippen LogP contribution in [0.2, 0.25) is 5.02 Å². The summed E-state index contributed by atoms with van der Waals surface area (Å²) >= 11 is 15.6. The molecule has 1 nitrogen and oxygen atoms in total. The molecule has 0 fully saturated rings. The Hall–Kier alpha value is 0.440. The lowest BCUT2D eigenvalue weighted by Crippen LogP contribution is -1.83. The van der Waals surface area contributed by atoms with Gasteiger partial charge in [-0.25, -0.2) is 0 Å². The van der Waals surface area contributed by atoms with Crippen molar-refractivity contribution in [1.82, 2.24) is 0 Å². The molecule has 0 unspecified atom stereocenters. The van der Waals surface area contributed by atoms with E-state index in [0.29, 0.717) is 19.5 Å². The van der Waals surface area contributed by atoms with E-state index in [9.17, 15) is 0 Å². The molecular weight excluding hydrogens is 373 g/mol. The molecule has 0 aliphatic rings. The average molecular weight is 374 g/mol. The van der Waals surface area contributed by atoms with E-state index in [-0.39, 0.29) is 0 Å². The SMILES string of the molecule is N#Cc1c(Cl)c(Br)cc(Br)c1Br. The minimum absolute atomic E-state index is 0.424. The molecule has 0 radical (unpaired) electrons. The number of benzene rings is 1. The third-order valence-electron chi connectivity index (χ3n) is 1.22. The topological polar surface area (TPSA) is 23.8 Å².